The summed E-state index contributed by atoms with van der Waals surface area (Å²) < 4.78 is 5.49. The third kappa shape index (κ3) is 4.89. The van der Waals surface area contributed by atoms with Gasteiger partial charge in [0.05, 0.1) is 0 Å². The number of benzene rings is 2. The molecule has 2 aromatic carbocycles. The molecule has 3 amide bonds. The molecule has 1 fully saturated rings. The monoisotopic (exact) mass is 373 g/mol. The predicted molar refractivity (Wildman–Crippen MR) is 101 cm³/mol. The van der Waals surface area contributed by atoms with Crippen LogP contribution in [0.3, 0.4) is 0 Å². The summed E-state index contributed by atoms with van der Waals surface area (Å²) in [5.74, 6) is 0.591. The minimum Gasteiger partial charge on any atom is -0.484 e. The van der Waals surface area contributed by atoms with Gasteiger partial charge < -0.3 is 19.9 Å². The summed E-state index contributed by atoms with van der Waals surface area (Å²) in [6, 6.07) is 16.0. The van der Waals surface area contributed by atoms with Crippen LogP contribution in [0, 0.1) is 0 Å². The second-order valence-electron chi connectivity index (χ2n) is 5.91. The Hall–Kier alpha value is -2.73. The zero-order valence-electron chi connectivity index (χ0n) is 14.2. The van der Waals surface area contributed by atoms with E-state index in [4.69, 9.17) is 16.3 Å². The van der Waals surface area contributed by atoms with Crippen LogP contribution in [0.5, 0.6) is 5.75 Å². The number of anilines is 1. The van der Waals surface area contributed by atoms with Crippen LogP contribution in [-0.2, 0) is 4.79 Å². The zero-order valence-corrected chi connectivity index (χ0v) is 15.0. The summed E-state index contributed by atoms with van der Waals surface area (Å²) in [7, 11) is 0. The average molecular weight is 374 g/mol. The highest BCUT2D eigenvalue weighted by atomic mass is 35.5. The summed E-state index contributed by atoms with van der Waals surface area (Å²) >= 11 is 5.84. The molecule has 1 N–H and O–H groups in total. The molecule has 0 saturated carbocycles. The number of urea groups is 1. The minimum atomic E-state index is -0.181. The van der Waals surface area contributed by atoms with Crippen LogP contribution in [0.4, 0.5) is 10.5 Å². The second-order valence-corrected chi connectivity index (χ2v) is 6.34. The van der Waals surface area contributed by atoms with Gasteiger partial charge in [-0.15, -0.1) is 0 Å². The number of hydrogen-bond donors (Lipinski definition) is 1. The maximum Gasteiger partial charge on any atom is 0.321 e. The molecule has 1 aliphatic heterocycles. The van der Waals surface area contributed by atoms with Crippen molar-refractivity contribution in [2.45, 2.75) is 0 Å². The first kappa shape index (κ1) is 18.1. The number of para-hydroxylation sites is 1. The molecule has 7 heteroatoms. The summed E-state index contributed by atoms with van der Waals surface area (Å²) in [4.78, 5) is 27.9. The van der Waals surface area contributed by atoms with Crippen molar-refractivity contribution < 1.29 is 14.3 Å². The maximum absolute atomic E-state index is 12.3. The summed E-state index contributed by atoms with van der Waals surface area (Å²) in [5.41, 5.74) is 0.689. The topological polar surface area (TPSA) is 61.9 Å². The van der Waals surface area contributed by atoms with Crippen LogP contribution in [0.1, 0.15) is 0 Å². The van der Waals surface area contributed by atoms with Gasteiger partial charge in [0.15, 0.2) is 6.61 Å². The van der Waals surface area contributed by atoms with Crippen molar-refractivity contribution in [3.8, 4) is 5.75 Å². The molecule has 0 spiro atoms. The Labute approximate surface area is 157 Å². The van der Waals surface area contributed by atoms with Gasteiger partial charge >= 0.3 is 6.03 Å². The molecule has 2 aromatic rings. The quantitative estimate of drug-likeness (QED) is 0.895. The van der Waals surface area contributed by atoms with Gasteiger partial charge in [-0.3, -0.25) is 4.79 Å². The molecule has 0 atom stereocenters. The van der Waals surface area contributed by atoms with Gasteiger partial charge in [-0.2, -0.15) is 0 Å². The maximum atomic E-state index is 12.3. The molecule has 0 aliphatic carbocycles. The van der Waals surface area contributed by atoms with Gasteiger partial charge in [-0.25, -0.2) is 4.79 Å². The smallest absolute Gasteiger partial charge is 0.321 e. The number of nitrogens with one attached hydrogen (secondary N) is 1. The van der Waals surface area contributed by atoms with Crippen LogP contribution in [0.15, 0.2) is 54.6 Å². The van der Waals surface area contributed by atoms with E-state index in [1.54, 1.807) is 34.1 Å². The van der Waals surface area contributed by atoms with Crippen molar-refractivity contribution in [1.82, 2.24) is 9.80 Å². The third-order valence-corrected chi connectivity index (χ3v) is 4.37. The van der Waals surface area contributed by atoms with Crippen molar-refractivity contribution in [2.24, 2.45) is 0 Å². The normalized spacial score (nSPS) is 14.0. The molecule has 0 unspecified atom stereocenters. The van der Waals surface area contributed by atoms with Gasteiger partial charge in [-0.05, 0) is 36.4 Å². The van der Waals surface area contributed by atoms with Crippen LogP contribution >= 0.6 is 11.6 Å². The Balaban J connectivity index is 1.43. The van der Waals surface area contributed by atoms with Gasteiger partial charge in [0.1, 0.15) is 5.75 Å². The lowest BCUT2D eigenvalue weighted by molar-refractivity contribution is -0.134. The second kappa shape index (κ2) is 8.58. The molecule has 0 radical (unpaired) electrons. The molecule has 3 rings (SSSR count). The average Bonchev–Trinajstić information content (AvgIpc) is 2.69. The zero-order chi connectivity index (χ0) is 18.4. The van der Waals surface area contributed by atoms with Crippen LogP contribution in [-0.4, -0.2) is 54.5 Å². The summed E-state index contributed by atoms with van der Waals surface area (Å²) in [6.45, 7) is 1.95. The van der Waals surface area contributed by atoms with E-state index in [1.807, 2.05) is 30.3 Å². The van der Waals surface area contributed by atoms with Crippen LogP contribution < -0.4 is 10.1 Å². The Morgan fingerprint density at radius 1 is 0.923 bits per heavy atom. The molecule has 0 bridgehead atoms. The van der Waals surface area contributed by atoms with Gasteiger partial charge in [0.2, 0.25) is 0 Å². The predicted octanol–water partition coefficient (Wildman–Crippen LogP) is 3.10. The number of carbonyl (C=O) groups is 2. The Morgan fingerprint density at radius 2 is 1.54 bits per heavy atom. The number of amides is 3. The Bertz CT molecular complexity index is 744. The van der Waals surface area contributed by atoms with Crippen LogP contribution in [0.25, 0.3) is 0 Å². The lowest BCUT2D eigenvalue weighted by Crippen LogP contribution is -2.52. The first-order valence-electron chi connectivity index (χ1n) is 8.39. The molecule has 1 aliphatic rings. The number of rotatable bonds is 4. The molecule has 1 saturated heterocycles. The highest BCUT2D eigenvalue weighted by Gasteiger charge is 2.24. The molecule has 1 heterocycles. The summed E-state index contributed by atoms with van der Waals surface area (Å²) in [6.07, 6.45) is 0. The molecular weight excluding hydrogens is 354 g/mol. The van der Waals surface area contributed by atoms with Crippen molar-refractivity contribution in [3.63, 3.8) is 0 Å². The largest absolute Gasteiger partial charge is 0.484 e. The molecule has 26 heavy (non-hydrogen) atoms. The van der Waals surface area contributed by atoms with Crippen molar-refractivity contribution in [1.29, 1.82) is 0 Å². The highest BCUT2D eigenvalue weighted by Crippen LogP contribution is 2.14. The molecule has 136 valence electrons. The number of nitrogens with zero attached hydrogens (tertiary/aromatic N) is 2. The van der Waals surface area contributed by atoms with E-state index in [-0.39, 0.29) is 18.5 Å². The lowest BCUT2D eigenvalue weighted by atomic mass is 10.3. The Kier molecular flexibility index (Phi) is 5.96. The summed E-state index contributed by atoms with van der Waals surface area (Å²) in [5, 5.41) is 3.45. The van der Waals surface area contributed by atoms with Crippen molar-refractivity contribution in [3.05, 3.63) is 59.6 Å². The number of hydrogen-bond acceptors (Lipinski definition) is 3. The highest BCUT2D eigenvalue weighted by molar-refractivity contribution is 6.30. The van der Waals surface area contributed by atoms with Crippen molar-refractivity contribution in [2.75, 3.05) is 38.1 Å². The van der Waals surface area contributed by atoms with E-state index in [2.05, 4.69) is 5.32 Å². The fourth-order valence-corrected chi connectivity index (χ4v) is 2.77. The van der Waals surface area contributed by atoms with Crippen molar-refractivity contribution >= 4 is 29.2 Å². The Morgan fingerprint density at radius 3 is 2.19 bits per heavy atom. The van der Waals surface area contributed by atoms with E-state index in [1.165, 1.54) is 0 Å². The SMILES string of the molecule is O=C(COc1ccccc1)N1CCN(C(=O)Nc2ccc(Cl)cc2)CC1. The lowest BCUT2D eigenvalue weighted by Gasteiger charge is -2.34. The number of piperazine rings is 1. The first-order chi connectivity index (χ1) is 12.6. The van der Waals surface area contributed by atoms with E-state index in [0.717, 1.165) is 0 Å². The molecule has 6 nitrogen and oxygen atoms in total. The number of ether oxygens (including phenoxy) is 1. The van der Waals surface area contributed by atoms with E-state index < -0.39 is 0 Å². The fraction of sp³-hybridized carbons (Fsp3) is 0.263. The number of halogens is 1. The number of carbonyl (C=O) groups excluding carboxylic acids is 2. The van der Waals surface area contributed by atoms with E-state index in [9.17, 15) is 9.59 Å². The van der Waals surface area contributed by atoms with Gasteiger partial charge in [0.25, 0.3) is 5.91 Å². The van der Waals surface area contributed by atoms with E-state index in [0.29, 0.717) is 42.6 Å². The third-order valence-electron chi connectivity index (χ3n) is 4.12. The van der Waals surface area contributed by atoms with E-state index >= 15 is 0 Å². The fourth-order valence-electron chi connectivity index (χ4n) is 2.65. The standard InChI is InChI=1S/C19H20ClN3O3/c20-15-6-8-16(9-7-15)21-19(25)23-12-10-22(11-13-23)18(24)14-26-17-4-2-1-3-5-17/h1-9H,10-14H2,(H,21,25). The minimum absolute atomic E-state index is 0.000977. The molecular formula is C19H20ClN3O3. The first-order valence-corrected chi connectivity index (χ1v) is 8.77. The van der Waals surface area contributed by atoms with Gasteiger partial charge in [-0.1, -0.05) is 29.8 Å². The van der Waals surface area contributed by atoms with Gasteiger partial charge in [0, 0.05) is 36.9 Å². The van der Waals surface area contributed by atoms with Crippen LogP contribution in [0.2, 0.25) is 5.02 Å². The molecule has 0 aromatic heterocycles.